The number of nitrogens with two attached hydrogens (primary N) is 1. The van der Waals surface area contributed by atoms with Crippen LogP contribution in [0, 0.1) is 5.82 Å². The number of rotatable bonds is 3. The van der Waals surface area contributed by atoms with Gasteiger partial charge in [0, 0.05) is 24.2 Å². The van der Waals surface area contributed by atoms with Gasteiger partial charge in [-0.3, -0.25) is 0 Å². The number of nitrogens with zero attached hydrogens (tertiary/aromatic N) is 1. The molecule has 17 heavy (non-hydrogen) atoms. The molecule has 2 unspecified atom stereocenters. The average Bonchev–Trinajstić information content (AvgIpc) is 2.88. The number of hydrogen-bond acceptors (Lipinski definition) is 2. The molecule has 3 rings (SSSR count). The molecule has 0 radical (unpaired) electrons. The molecule has 0 spiro atoms. The maximum absolute atomic E-state index is 13.4. The van der Waals surface area contributed by atoms with Gasteiger partial charge in [0.1, 0.15) is 5.82 Å². The maximum Gasteiger partial charge on any atom is 0.123 e. The Morgan fingerprint density at radius 3 is 3.06 bits per heavy atom. The molecule has 0 bridgehead atoms. The molecule has 0 saturated heterocycles. The first-order chi connectivity index (χ1) is 8.31. The van der Waals surface area contributed by atoms with Crippen LogP contribution in [0.5, 0.6) is 0 Å². The van der Waals surface area contributed by atoms with Crippen molar-refractivity contribution in [1.29, 1.82) is 0 Å². The molecule has 0 aromatic heterocycles. The van der Waals surface area contributed by atoms with Crippen molar-refractivity contribution in [3.63, 3.8) is 0 Å². The van der Waals surface area contributed by atoms with Crippen molar-refractivity contribution >= 4 is 5.69 Å². The summed E-state index contributed by atoms with van der Waals surface area (Å²) < 4.78 is 13.4. The second-order valence-electron chi connectivity index (χ2n) is 5.14. The molecule has 1 aromatic carbocycles. The number of hydrogen-bond donors (Lipinski definition) is 1. The molecular formula is C14H19FN2. The Hall–Kier alpha value is -1.09. The van der Waals surface area contributed by atoms with Crippen LogP contribution in [0.3, 0.4) is 0 Å². The summed E-state index contributed by atoms with van der Waals surface area (Å²) in [4.78, 5) is 2.46. The lowest BCUT2D eigenvalue weighted by molar-refractivity contribution is 0.578. The minimum atomic E-state index is -0.102. The van der Waals surface area contributed by atoms with E-state index in [0.29, 0.717) is 12.0 Å². The van der Waals surface area contributed by atoms with Crippen LogP contribution in [-0.4, -0.2) is 19.1 Å². The van der Waals surface area contributed by atoms with Crippen molar-refractivity contribution in [1.82, 2.24) is 0 Å². The van der Waals surface area contributed by atoms with Gasteiger partial charge in [-0.15, -0.1) is 0 Å². The van der Waals surface area contributed by atoms with E-state index in [1.54, 1.807) is 12.1 Å². The Morgan fingerprint density at radius 2 is 2.24 bits per heavy atom. The standard InChI is InChI=1S/C14H19FN2/c15-10-5-6-14-12(9-10)11-3-1-4-13(11)17(14)8-2-7-16/h5-6,9,11,13H,1-4,7-8,16H2. The molecule has 92 valence electrons. The third kappa shape index (κ3) is 1.73. The molecule has 2 atom stereocenters. The van der Waals surface area contributed by atoms with Crippen LogP contribution in [0.4, 0.5) is 10.1 Å². The number of benzene rings is 1. The summed E-state index contributed by atoms with van der Waals surface area (Å²) in [5.74, 6) is 0.452. The number of anilines is 1. The minimum absolute atomic E-state index is 0.102. The largest absolute Gasteiger partial charge is 0.368 e. The number of fused-ring (bicyclic) bond motifs is 3. The van der Waals surface area contributed by atoms with Gasteiger partial charge >= 0.3 is 0 Å². The summed E-state index contributed by atoms with van der Waals surface area (Å²) in [7, 11) is 0. The number of halogens is 1. The zero-order valence-corrected chi connectivity index (χ0v) is 10.0. The molecule has 1 fully saturated rings. The zero-order valence-electron chi connectivity index (χ0n) is 10.0. The topological polar surface area (TPSA) is 29.3 Å². The van der Waals surface area contributed by atoms with E-state index in [9.17, 15) is 4.39 Å². The van der Waals surface area contributed by atoms with Gasteiger partial charge in [0.2, 0.25) is 0 Å². The van der Waals surface area contributed by atoms with E-state index in [4.69, 9.17) is 5.73 Å². The first-order valence-electron chi connectivity index (χ1n) is 6.57. The predicted octanol–water partition coefficient (Wildman–Crippen LogP) is 2.63. The highest BCUT2D eigenvalue weighted by Crippen LogP contribution is 2.49. The lowest BCUT2D eigenvalue weighted by atomic mass is 9.97. The third-order valence-corrected chi connectivity index (χ3v) is 4.18. The SMILES string of the molecule is NCCCN1c2ccc(F)cc2C2CCCC21. The molecule has 2 nitrogen and oxygen atoms in total. The molecule has 1 aliphatic carbocycles. The lowest BCUT2D eigenvalue weighted by Crippen LogP contribution is -2.33. The summed E-state index contributed by atoms with van der Waals surface area (Å²) in [6, 6.07) is 5.86. The van der Waals surface area contributed by atoms with Crippen LogP contribution < -0.4 is 10.6 Å². The lowest BCUT2D eigenvalue weighted by Gasteiger charge is -2.26. The van der Waals surface area contributed by atoms with E-state index in [2.05, 4.69) is 4.90 Å². The van der Waals surface area contributed by atoms with Crippen molar-refractivity contribution in [2.24, 2.45) is 5.73 Å². The highest BCUT2D eigenvalue weighted by Gasteiger charge is 2.40. The molecule has 2 N–H and O–H groups in total. The fourth-order valence-corrected chi connectivity index (χ4v) is 3.49. The maximum atomic E-state index is 13.4. The van der Waals surface area contributed by atoms with Crippen LogP contribution in [0.25, 0.3) is 0 Å². The Balaban J connectivity index is 1.95. The summed E-state index contributed by atoms with van der Waals surface area (Å²) in [5, 5.41) is 0. The summed E-state index contributed by atoms with van der Waals surface area (Å²) >= 11 is 0. The van der Waals surface area contributed by atoms with Crippen molar-refractivity contribution in [2.75, 3.05) is 18.0 Å². The molecule has 1 aromatic rings. The Labute approximate surface area is 102 Å². The molecule has 1 heterocycles. The van der Waals surface area contributed by atoms with Gasteiger partial charge in [-0.05, 0) is 49.6 Å². The van der Waals surface area contributed by atoms with Crippen molar-refractivity contribution in [3.8, 4) is 0 Å². The molecule has 1 aliphatic heterocycles. The normalized spacial score (nSPS) is 26.1. The van der Waals surface area contributed by atoms with E-state index in [0.717, 1.165) is 19.5 Å². The Kier molecular flexibility index (Phi) is 2.79. The highest BCUT2D eigenvalue weighted by molar-refractivity contribution is 5.62. The molecule has 1 saturated carbocycles. The quantitative estimate of drug-likeness (QED) is 0.871. The fraction of sp³-hybridized carbons (Fsp3) is 0.571. The summed E-state index contributed by atoms with van der Waals surface area (Å²) in [6.07, 6.45) is 4.73. The van der Waals surface area contributed by atoms with E-state index in [1.165, 1.54) is 30.5 Å². The van der Waals surface area contributed by atoms with E-state index in [1.807, 2.05) is 6.07 Å². The van der Waals surface area contributed by atoms with Crippen molar-refractivity contribution < 1.29 is 4.39 Å². The zero-order chi connectivity index (χ0) is 11.8. The second kappa shape index (κ2) is 4.30. The molecular weight excluding hydrogens is 215 g/mol. The summed E-state index contributed by atoms with van der Waals surface area (Å²) in [6.45, 7) is 1.74. The Morgan fingerprint density at radius 1 is 1.35 bits per heavy atom. The van der Waals surface area contributed by atoms with E-state index < -0.39 is 0 Å². The van der Waals surface area contributed by atoms with Crippen LogP contribution in [0.1, 0.15) is 37.2 Å². The van der Waals surface area contributed by atoms with Crippen LogP contribution in [-0.2, 0) is 0 Å². The van der Waals surface area contributed by atoms with E-state index in [-0.39, 0.29) is 5.82 Å². The van der Waals surface area contributed by atoms with Gasteiger partial charge in [-0.25, -0.2) is 4.39 Å². The summed E-state index contributed by atoms with van der Waals surface area (Å²) in [5.41, 5.74) is 8.07. The molecule has 0 amide bonds. The second-order valence-corrected chi connectivity index (χ2v) is 5.14. The Bertz CT molecular complexity index is 419. The highest BCUT2D eigenvalue weighted by atomic mass is 19.1. The van der Waals surface area contributed by atoms with Crippen LogP contribution in [0.15, 0.2) is 18.2 Å². The van der Waals surface area contributed by atoms with Crippen molar-refractivity contribution in [2.45, 2.75) is 37.6 Å². The van der Waals surface area contributed by atoms with Crippen LogP contribution in [0.2, 0.25) is 0 Å². The van der Waals surface area contributed by atoms with Crippen molar-refractivity contribution in [3.05, 3.63) is 29.6 Å². The average molecular weight is 234 g/mol. The van der Waals surface area contributed by atoms with E-state index >= 15 is 0 Å². The van der Waals surface area contributed by atoms with Gasteiger partial charge in [0.25, 0.3) is 0 Å². The first kappa shape index (κ1) is 11.0. The molecule has 2 aliphatic rings. The van der Waals surface area contributed by atoms with Gasteiger partial charge in [0.05, 0.1) is 0 Å². The van der Waals surface area contributed by atoms with Crippen LogP contribution >= 0.6 is 0 Å². The predicted molar refractivity (Wildman–Crippen MR) is 67.8 cm³/mol. The van der Waals surface area contributed by atoms with Gasteiger partial charge in [0.15, 0.2) is 0 Å². The molecule has 3 heteroatoms. The van der Waals surface area contributed by atoms with Gasteiger partial charge in [-0.2, -0.15) is 0 Å². The third-order valence-electron chi connectivity index (χ3n) is 4.18. The monoisotopic (exact) mass is 234 g/mol. The van der Waals surface area contributed by atoms with Gasteiger partial charge < -0.3 is 10.6 Å². The smallest absolute Gasteiger partial charge is 0.123 e. The minimum Gasteiger partial charge on any atom is -0.368 e. The fourth-order valence-electron chi connectivity index (χ4n) is 3.49. The van der Waals surface area contributed by atoms with Gasteiger partial charge in [-0.1, -0.05) is 6.42 Å². The first-order valence-corrected chi connectivity index (χ1v) is 6.57.